The van der Waals surface area contributed by atoms with Gasteiger partial charge in [-0.1, -0.05) is 13.0 Å². The van der Waals surface area contributed by atoms with Crippen LogP contribution >= 0.6 is 0 Å². The molecule has 6 aromatic rings. The smallest absolute Gasteiger partial charge is 0.224 e. The number of fused-ring (bicyclic) bond motifs is 2. The molecule has 1 amide bonds. The summed E-state index contributed by atoms with van der Waals surface area (Å²) in [5.74, 6) is 0.179. The van der Waals surface area contributed by atoms with Crippen LogP contribution in [0.1, 0.15) is 25.3 Å². The second-order valence-corrected chi connectivity index (χ2v) is 9.13. The van der Waals surface area contributed by atoms with Crippen LogP contribution in [0.4, 0.5) is 10.1 Å². The molecule has 0 aliphatic heterocycles. The van der Waals surface area contributed by atoms with Crippen LogP contribution in [0.2, 0.25) is 0 Å². The number of pyridine rings is 3. The first-order chi connectivity index (χ1) is 18.5. The lowest BCUT2D eigenvalue weighted by molar-refractivity contribution is -0.116. The number of rotatable bonds is 6. The van der Waals surface area contributed by atoms with Gasteiger partial charge in [0.2, 0.25) is 5.91 Å². The molecule has 0 aliphatic carbocycles. The number of aromatic amines is 2. The predicted octanol–water partition coefficient (Wildman–Crippen LogP) is 5.81. The van der Waals surface area contributed by atoms with E-state index < -0.39 is 0 Å². The number of nitrogens with zero attached hydrogens (tertiary/aromatic N) is 5. The molecule has 188 valence electrons. The fraction of sp³-hybridized carbons (Fsp3) is 0.143. The van der Waals surface area contributed by atoms with Gasteiger partial charge in [0.25, 0.3) is 0 Å². The monoisotopic (exact) mass is 506 g/mol. The van der Waals surface area contributed by atoms with Gasteiger partial charge >= 0.3 is 0 Å². The fourth-order valence-corrected chi connectivity index (χ4v) is 4.50. The van der Waals surface area contributed by atoms with Crippen LogP contribution in [0.15, 0.2) is 61.3 Å². The number of aromatic nitrogens is 7. The molecule has 0 spiro atoms. The average Bonchev–Trinajstić information content (AvgIpc) is 3.52. The first kappa shape index (κ1) is 23.4. The van der Waals surface area contributed by atoms with Crippen molar-refractivity contribution in [1.29, 1.82) is 0 Å². The van der Waals surface area contributed by atoms with E-state index in [2.05, 4.69) is 35.5 Å². The van der Waals surface area contributed by atoms with Gasteiger partial charge in [0.15, 0.2) is 5.82 Å². The van der Waals surface area contributed by atoms with Crippen molar-refractivity contribution in [3.8, 4) is 33.9 Å². The van der Waals surface area contributed by atoms with E-state index >= 15 is 0 Å². The van der Waals surface area contributed by atoms with Gasteiger partial charge in [-0.2, -0.15) is 5.10 Å². The number of anilines is 1. The van der Waals surface area contributed by atoms with Crippen molar-refractivity contribution in [2.45, 2.75) is 26.7 Å². The Kier molecular flexibility index (Phi) is 5.83. The summed E-state index contributed by atoms with van der Waals surface area (Å²) in [6.07, 6.45) is 9.59. The van der Waals surface area contributed by atoms with Gasteiger partial charge in [-0.15, -0.1) is 0 Å². The number of imidazole rings is 1. The quantitative estimate of drug-likeness (QED) is 0.262. The van der Waals surface area contributed by atoms with Crippen LogP contribution in [0.3, 0.4) is 0 Å². The summed E-state index contributed by atoms with van der Waals surface area (Å²) in [7, 11) is 0. The van der Waals surface area contributed by atoms with Crippen LogP contribution in [-0.4, -0.2) is 41.0 Å². The van der Waals surface area contributed by atoms with Gasteiger partial charge in [0, 0.05) is 35.3 Å². The molecule has 0 bridgehead atoms. The highest BCUT2D eigenvalue weighted by Crippen LogP contribution is 2.32. The third-order valence-electron chi connectivity index (χ3n) is 6.21. The van der Waals surface area contributed by atoms with Crippen LogP contribution in [-0.2, 0) is 4.79 Å². The maximum atomic E-state index is 14.1. The summed E-state index contributed by atoms with van der Waals surface area (Å²) in [4.78, 5) is 33.3. The number of H-pyrrole nitrogens is 2. The Hall–Kier alpha value is -4.99. The van der Waals surface area contributed by atoms with Crippen LogP contribution in [0.25, 0.3) is 55.8 Å². The topological polar surface area (TPSA) is 125 Å². The Labute approximate surface area is 216 Å². The van der Waals surface area contributed by atoms with E-state index in [0.717, 1.165) is 34.0 Å². The minimum atomic E-state index is -0.311. The minimum absolute atomic E-state index is 0.0564. The number of aryl methyl sites for hydroxylation is 1. The summed E-state index contributed by atoms with van der Waals surface area (Å²) < 4.78 is 14.1. The van der Waals surface area contributed by atoms with Crippen LogP contribution < -0.4 is 5.32 Å². The Bertz CT molecular complexity index is 1800. The summed E-state index contributed by atoms with van der Waals surface area (Å²) >= 11 is 0. The van der Waals surface area contributed by atoms with E-state index in [4.69, 9.17) is 4.98 Å². The van der Waals surface area contributed by atoms with Gasteiger partial charge in [-0.05, 0) is 48.7 Å². The maximum Gasteiger partial charge on any atom is 0.224 e. The second-order valence-electron chi connectivity index (χ2n) is 9.13. The second kappa shape index (κ2) is 9.47. The summed E-state index contributed by atoms with van der Waals surface area (Å²) in [5.41, 5.74) is 7.02. The first-order valence-corrected chi connectivity index (χ1v) is 12.2. The number of carbonyl (C=O) groups is 1. The molecule has 38 heavy (non-hydrogen) atoms. The summed E-state index contributed by atoms with van der Waals surface area (Å²) in [5, 5.41) is 11.2. The average molecular weight is 507 g/mol. The highest BCUT2D eigenvalue weighted by atomic mass is 19.1. The highest BCUT2D eigenvalue weighted by Gasteiger charge is 2.17. The molecule has 10 heteroatoms. The van der Waals surface area contributed by atoms with Gasteiger partial charge in [0.05, 0.1) is 46.5 Å². The normalized spacial score (nSPS) is 11.3. The Morgan fingerprint density at radius 2 is 1.84 bits per heavy atom. The number of benzene rings is 1. The number of nitrogens with one attached hydrogen (secondary N) is 3. The van der Waals surface area contributed by atoms with Gasteiger partial charge in [-0.25, -0.2) is 9.37 Å². The molecule has 0 radical (unpaired) electrons. The highest BCUT2D eigenvalue weighted by molar-refractivity contribution is 5.97. The van der Waals surface area contributed by atoms with E-state index in [0.29, 0.717) is 45.9 Å². The minimum Gasteiger partial charge on any atom is -0.335 e. The van der Waals surface area contributed by atoms with Crippen molar-refractivity contribution >= 4 is 33.5 Å². The lowest BCUT2D eigenvalue weighted by atomic mass is 10.0. The Morgan fingerprint density at radius 3 is 2.68 bits per heavy atom. The summed E-state index contributed by atoms with van der Waals surface area (Å²) in [6.45, 7) is 3.81. The molecular weight excluding hydrogens is 483 g/mol. The van der Waals surface area contributed by atoms with E-state index in [1.807, 2.05) is 32.0 Å². The molecule has 0 atom stereocenters. The zero-order valence-corrected chi connectivity index (χ0v) is 20.7. The van der Waals surface area contributed by atoms with Crippen molar-refractivity contribution in [3.05, 3.63) is 72.7 Å². The van der Waals surface area contributed by atoms with Crippen molar-refractivity contribution in [2.24, 2.45) is 0 Å². The van der Waals surface area contributed by atoms with Crippen molar-refractivity contribution in [1.82, 2.24) is 35.1 Å². The number of hydrogen-bond acceptors (Lipinski definition) is 6. The number of hydrogen-bond donors (Lipinski definition) is 3. The van der Waals surface area contributed by atoms with E-state index in [1.165, 1.54) is 12.1 Å². The largest absolute Gasteiger partial charge is 0.335 e. The van der Waals surface area contributed by atoms with Crippen molar-refractivity contribution in [3.63, 3.8) is 0 Å². The molecule has 0 unspecified atom stereocenters. The Balaban J connectivity index is 1.41. The maximum absolute atomic E-state index is 14.1. The molecular formula is C28H23FN8O. The Morgan fingerprint density at radius 1 is 0.974 bits per heavy atom. The number of halogens is 1. The predicted molar refractivity (Wildman–Crippen MR) is 144 cm³/mol. The van der Waals surface area contributed by atoms with Crippen molar-refractivity contribution in [2.75, 3.05) is 5.32 Å². The van der Waals surface area contributed by atoms with E-state index in [1.54, 1.807) is 31.0 Å². The third kappa shape index (κ3) is 4.36. The fourth-order valence-electron chi connectivity index (χ4n) is 4.50. The van der Waals surface area contributed by atoms with E-state index in [-0.39, 0.29) is 11.7 Å². The molecule has 6 rings (SSSR count). The summed E-state index contributed by atoms with van der Waals surface area (Å²) in [6, 6.07) is 8.62. The molecule has 0 saturated heterocycles. The molecule has 0 saturated carbocycles. The first-order valence-electron chi connectivity index (χ1n) is 12.2. The molecule has 0 aliphatic rings. The third-order valence-corrected chi connectivity index (χ3v) is 6.21. The zero-order chi connectivity index (χ0) is 26.2. The molecule has 9 nitrogen and oxygen atoms in total. The number of amides is 1. The number of carbonyl (C=O) groups excluding carboxylic acids is 1. The molecule has 3 N–H and O–H groups in total. The molecule has 5 aromatic heterocycles. The molecule has 1 aromatic carbocycles. The van der Waals surface area contributed by atoms with Gasteiger partial charge in [0.1, 0.15) is 11.5 Å². The van der Waals surface area contributed by atoms with E-state index in [9.17, 15) is 9.18 Å². The molecule has 0 fully saturated rings. The lowest BCUT2D eigenvalue weighted by Gasteiger charge is -2.06. The zero-order valence-electron chi connectivity index (χ0n) is 20.7. The van der Waals surface area contributed by atoms with Crippen LogP contribution in [0, 0.1) is 12.7 Å². The molecule has 5 heterocycles. The van der Waals surface area contributed by atoms with Gasteiger partial charge < -0.3 is 10.3 Å². The lowest BCUT2D eigenvalue weighted by Crippen LogP contribution is -2.10. The van der Waals surface area contributed by atoms with Crippen molar-refractivity contribution < 1.29 is 9.18 Å². The standard InChI is InChI=1S/C28H23FN8O/c1-3-4-25(38)33-19-8-17(10-30-11-19)22-9-20-23(14-32-22)36-37-27(20)28-34-24-13-31-12-21(26(24)35-28)16-5-15(2)6-18(29)7-16/h5-14H,3-4H2,1-2H3,(H,33,38)(H,34,35)(H,36,37). The van der Waals surface area contributed by atoms with Crippen LogP contribution in [0.5, 0.6) is 0 Å². The van der Waals surface area contributed by atoms with Gasteiger partial charge in [-0.3, -0.25) is 24.8 Å². The SMILES string of the molecule is CCCC(=O)Nc1cncc(-c2cc3c(-c4nc5c(-c6cc(C)cc(F)c6)cncc5[nH]4)n[nH]c3cn2)c1.